The van der Waals surface area contributed by atoms with E-state index in [-0.39, 0.29) is 5.92 Å². The van der Waals surface area contributed by atoms with Gasteiger partial charge in [-0.05, 0) is 25.2 Å². The molecule has 2 heteroatoms. The maximum Gasteiger partial charge on any atom is 0.361 e. The number of carbonyl (C=O) groups is 1. The molecule has 0 bridgehead atoms. The van der Waals surface area contributed by atoms with Gasteiger partial charge in [-0.15, -0.1) is 0 Å². The lowest BCUT2D eigenvalue weighted by atomic mass is 9.68. The predicted octanol–water partition coefficient (Wildman–Crippen LogP) is 4.75. The molecule has 0 aromatic carbocycles. The van der Waals surface area contributed by atoms with Gasteiger partial charge in [0, 0.05) is 0 Å². The Bertz CT molecular complexity index is 213. The summed E-state index contributed by atoms with van der Waals surface area (Å²) in [6.07, 6.45) is 7.77. The van der Waals surface area contributed by atoms with E-state index in [1.54, 1.807) is 0 Å². The molecule has 0 aliphatic carbocycles. The van der Waals surface area contributed by atoms with E-state index in [4.69, 9.17) is 0 Å². The average molecular weight is 241 g/mol. The van der Waals surface area contributed by atoms with Gasteiger partial charge in [0.25, 0.3) is 0 Å². The van der Waals surface area contributed by atoms with Crippen LogP contribution < -0.4 is 0 Å². The van der Waals surface area contributed by atoms with E-state index in [0.29, 0.717) is 0 Å². The van der Waals surface area contributed by atoms with Crippen molar-refractivity contribution in [3.05, 3.63) is 0 Å². The van der Waals surface area contributed by atoms with Crippen LogP contribution in [0.25, 0.3) is 0 Å². The van der Waals surface area contributed by atoms with Crippen molar-refractivity contribution in [3.8, 4) is 0 Å². The number of hydrogen-bond donors (Lipinski definition) is 0. The Kier molecular flexibility index (Phi) is 8.28. The number of carbonyl (C=O) groups excluding carboxylic acids is 1. The molecule has 2 nitrogen and oxygen atoms in total. The number of rotatable bonds is 10. The van der Waals surface area contributed by atoms with Crippen molar-refractivity contribution in [2.45, 2.75) is 79.1 Å². The van der Waals surface area contributed by atoms with Crippen LogP contribution in [0.4, 0.5) is 0 Å². The monoisotopic (exact) mass is 241 g/mol. The van der Waals surface area contributed by atoms with E-state index < -0.39 is 11.4 Å². The van der Waals surface area contributed by atoms with Gasteiger partial charge in [-0.3, -0.25) is 0 Å². The van der Waals surface area contributed by atoms with Crippen LogP contribution in [0, 0.1) is 11.3 Å². The van der Waals surface area contributed by atoms with E-state index in [2.05, 4.69) is 27.7 Å². The second-order valence-electron chi connectivity index (χ2n) is 5.34. The Labute approximate surface area is 107 Å². The first-order valence-corrected chi connectivity index (χ1v) is 7.26. The maximum absolute atomic E-state index is 11.6. The molecule has 17 heavy (non-hydrogen) atoms. The van der Waals surface area contributed by atoms with Crippen molar-refractivity contribution in [1.82, 2.24) is 0 Å². The number of unbranched alkanes of at least 4 members (excludes halogenated alkanes) is 2. The Morgan fingerprint density at radius 3 is 2.00 bits per heavy atom. The highest BCUT2D eigenvalue weighted by atomic mass is 16.4. The molecular weight excluding hydrogens is 212 g/mol. The molecule has 0 aromatic heterocycles. The van der Waals surface area contributed by atoms with Crippen molar-refractivity contribution >= 4 is 5.97 Å². The summed E-state index contributed by atoms with van der Waals surface area (Å²) in [6.45, 7) is 8.43. The van der Waals surface area contributed by atoms with Crippen molar-refractivity contribution in [3.63, 3.8) is 0 Å². The average Bonchev–Trinajstić information content (AvgIpc) is 2.31. The van der Waals surface area contributed by atoms with Gasteiger partial charge in [0.05, 0.1) is 5.41 Å². The first-order chi connectivity index (χ1) is 8.05. The summed E-state index contributed by atoms with van der Waals surface area (Å²) in [5.41, 5.74) is -0.583. The third-order valence-corrected chi connectivity index (χ3v) is 4.01. The summed E-state index contributed by atoms with van der Waals surface area (Å²) in [5, 5.41) is 11.6. The largest absolute Gasteiger partial charge is 0.361 e. The molecule has 0 saturated carbocycles. The third kappa shape index (κ3) is 4.69. The van der Waals surface area contributed by atoms with Crippen molar-refractivity contribution in [1.29, 1.82) is 0 Å². The van der Waals surface area contributed by atoms with Crippen LogP contribution in [-0.4, -0.2) is 5.97 Å². The van der Waals surface area contributed by atoms with Gasteiger partial charge < -0.3 is 0 Å². The quantitative estimate of drug-likeness (QED) is 0.544. The molecule has 0 N–H and O–H groups in total. The molecule has 0 aromatic rings. The van der Waals surface area contributed by atoms with E-state index in [1.165, 1.54) is 0 Å². The minimum absolute atomic E-state index is 0.235. The van der Waals surface area contributed by atoms with Crippen LogP contribution in [0.5, 0.6) is 0 Å². The normalized spacial score (nSPS) is 16.5. The number of hydrogen-bond acceptors (Lipinski definition) is 1. The molecule has 0 heterocycles. The SMILES string of the molecule is CCCCC(C)C(CCC)(CCCC)C([O])=O. The first kappa shape index (κ1) is 16.5. The Morgan fingerprint density at radius 1 is 1.00 bits per heavy atom. The summed E-state index contributed by atoms with van der Waals surface area (Å²) in [4.78, 5) is 11.6. The zero-order valence-corrected chi connectivity index (χ0v) is 12.1. The highest BCUT2D eigenvalue weighted by molar-refractivity contribution is 5.74. The molecule has 0 fully saturated rings. The summed E-state index contributed by atoms with van der Waals surface area (Å²) >= 11 is 0. The highest BCUT2D eigenvalue weighted by Gasteiger charge is 2.42. The van der Waals surface area contributed by atoms with Crippen molar-refractivity contribution in [2.75, 3.05) is 0 Å². The Balaban J connectivity index is 4.80. The van der Waals surface area contributed by atoms with Crippen LogP contribution in [0.3, 0.4) is 0 Å². The lowest BCUT2D eigenvalue weighted by molar-refractivity contribution is -0.161. The van der Waals surface area contributed by atoms with Gasteiger partial charge in [-0.2, -0.15) is 0 Å². The Morgan fingerprint density at radius 2 is 1.59 bits per heavy atom. The fourth-order valence-electron chi connectivity index (χ4n) is 2.75. The molecule has 0 amide bonds. The van der Waals surface area contributed by atoms with Gasteiger partial charge >= 0.3 is 5.97 Å². The van der Waals surface area contributed by atoms with E-state index in [9.17, 15) is 9.90 Å². The molecule has 1 radical (unpaired) electrons. The Hall–Kier alpha value is -0.530. The van der Waals surface area contributed by atoms with Crippen LogP contribution in [-0.2, 0) is 9.90 Å². The summed E-state index contributed by atoms with van der Waals surface area (Å²) in [7, 11) is 0. The van der Waals surface area contributed by atoms with Gasteiger partial charge in [0.1, 0.15) is 0 Å². The summed E-state index contributed by atoms with van der Waals surface area (Å²) in [6, 6.07) is 0. The van der Waals surface area contributed by atoms with Gasteiger partial charge in [-0.25, -0.2) is 9.90 Å². The molecule has 0 aliphatic heterocycles. The minimum atomic E-state index is -0.823. The van der Waals surface area contributed by atoms with Gasteiger partial charge in [-0.1, -0.05) is 59.8 Å². The molecular formula is C15H29O2. The van der Waals surface area contributed by atoms with Crippen LogP contribution >= 0.6 is 0 Å². The van der Waals surface area contributed by atoms with Gasteiger partial charge in [0.15, 0.2) is 0 Å². The second kappa shape index (κ2) is 8.54. The minimum Gasteiger partial charge on any atom is -0.247 e. The highest BCUT2D eigenvalue weighted by Crippen LogP contribution is 2.41. The topological polar surface area (TPSA) is 37.0 Å². The predicted molar refractivity (Wildman–Crippen MR) is 71.2 cm³/mol. The molecule has 0 saturated heterocycles. The lowest BCUT2D eigenvalue weighted by Gasteiger charge is -2.34. The molecule has 0 aliphatic rings. The zero-order chi connectivity index (χ0) is 13.3. The summed E-state index contributed by atoms with van der Waals surface area (Å²) in [5.74, 6) is -0.588. The first-order valence-electron chi connectivity index (χ1n) is 7.26. The van der Waals surface area contributed by atoms with Crippen LogP contribution in [0.2, 0.25) is 0 Å². The van der Waals surface area contributed by atoms with Crippen LogP contribution in [0.1, 0.15) is 79.1 Å². The fourth-order valence-corrected chi connectivity index (χ4v) is 2.75. The maximum atomic E-state index is 11.6. The van der Waals surface area contributed by atoms with E-state index >= 15 is 0 Å². The molecule has 0 spiro atoms. The standard InChI is InChI=1S/C15H29O2/c1-5-8-10-13(4)15(11-7-3,14(16)17)12-9-6-2/h13H,5-12H2,1-4H3. The van der Waals surface area contributed by atoms with E-state index in [0.717, 1.165) is 51.4 Å². The van der Waals surface area contributed by atoms with Crippen molar-refractivity contribution in [2.24, 2.45) is 11.3 Å². The molecule has 0 rings (SSSR count). The lowest BCUT2D eigenvalue weighted by Crippen LogP contribution is -2.37. The second-order valence-corrected chi connectivity index (χ2v) is 5.34. The smallest absolute Gasteiger partial charge is 0.247 e. The summed E-state index contributed by atoms with van der Waals surface area (Å²) < 4.78 is 0. The molecule has 2 atom stereocenters. The zero-order valence-electron chi connectivity index (χ0n) is 12.1. The molecule has 2 unspecified atom stereocenters. The third-order valence-electron chi connectivity index (χ3n) is 4.01. The molecule has 101 valence electrons. The van der Waals surface area contributed by atoms with Gasteiger partial charge in [0.2, 0.25) is 0 Å². The van der Waals surface area contributed by atoms with Crippen molar-refractivity contribution < 1.29 is 9.90 Å². The fraction of sp³-hybridized carbons (Fsp3) is 0.933. The van der Waals surface area contributed by atoms with E-state index in [1.807, 2.05) is 0 Å². The van der Waals surface area contributed by atoms with Crippen LogP contribution in [0.15, 0.2) is 0 Å².